The molecule has 0 aliphatic carbocycles. The highest BCUT2D eigenvalue weighted by Gasteiger charge is 2.35. The van der Waals surface area contributed by atoms with E-state index in [0.717, 1.165) is 30.1 Å². The number of phenolic OH excluding ortho intramolecular Hbond substituents is 1. The molecule has 0 fully saturated rings. The summed E-state index contributed by atoms with van der Waals surface area (Å²) in [6, 6.07) is 33.3. The molecule has 0 aliphatic rings. The predicted molar refractivity (Wildman–Crippen MR) is 176 cm³/mol. The maximum absolute atomic E-state index is 11.7. The minimum atomic E-state index is -0.537. The molecule has 1 atom stereocenters. The van der Waals surface area contributed by atoms with E-state index in [1.165, 1.54) is 32.6 Å². The van der Waals surface area contributed by atoms with Gasteiger partial charge in [0.1, 0.15) is 5.75 Å². The highest BCUT2D eigenvalue weighted by molar-refractivity contribution is 7.72. The third-order valence-electron chi connectivity index (χ3n) is 7.97. The number of aromatic hydroxyl groups is 1. The molecule has 3 heteroatoms. The molecule has 0 heterocycles. The highest BCUT2D eigenvalue weighted by atomic mass is 31.1. The van der Waals surface area contributed by atoms with Crippen molar-refractivity contribution in [3.8, 4) is 5.75 Å². The van der Waals surface area contributed by atoms with Gasteiger partial charge in [-0.15, -0.1) is 0 Å². The standard InChI is InChI=1S/C36H44OP2/c1-8-36(9-2,32-24-26(3)23-31(33(32)37)35(5,6)7)38-34-27(4)17-16-18-28(34)25-39(29-19-12-10-13-20-29)30-21-14-11-15-22-30/h10-24,37-38H,8-9,25H2,1-7H3. The van der Waals surface area contributed by atoms with Crippen LogP contribution in [0.5, 0.6) is 5.75 Å². The molecule has 4 rings (SSSR count). The Morgan fingerprint density at radius 2 is 1.26 bits per heavy atom. The summed E-state index contributed by atoms with van der Waals surface area (Å²) in [6.07, 6.45) is 2.99. The van der Waals surface area contributed by atoms with Crippen LogP contribution in [0.1, 0.15) is 75.3 Å². The Bertz CT molecular complexity index is 1340. The van der Waals surface area contributed by atoms with Crippen molar-refractivity contribution in [2.45, 2.75) is 78.0 Å². The molecule has 1 nitrogen and oxygen atoms in total. The molecule has 0 aliphatic heterocycles. The SMILES string of the molecule is CCC(CC)(Pc1c(C)cccc1CP(c1ccccc1)c1ccccc1)c1cc(C)cc(C(C)(C)C)c1O. The van der Waals surface area contributed by atoms with E-state index in [1.54, 1.807) is 0 Å². The highest BCUT2D eigenvalue weighted by Crippen LogP contribution is 2.53. The summed E-state index contributed by atoms with van der Waals surface area (Å²) in [7, 11) is 0.0418. The van der Waals surface area contributed by atoms with Crippen LogP contribution >= 0.6 is 16.5 Å². The Hall–Kier alpha value is -2.46. The van der Waals surface area contributed by atoms with Crippen molar-refractivity contribution in [1.29, 1.82) is 0 Å². The molecule has 0 bridgehead atoms. The lowest BCUT2D eigenvalue weighted by atomic mass is 9.81. The normalized spacial score (nSPS) is 12.5. The number of hydrogen-bond acceptors (Lipinski definition) is 1. The second-order valence-electron chi connectivity index (χ2n) is 11.7. The summed E-state index contributed by atoms with van der Waals surface area (Å²) >= 11 is 0. The monoisotopic (exact) mass is 554 g/mol. The van der Waals surface area contributed by atoms with Crippen LogP contribution < -0.4 is 15.9 Å². The van der Waals surface area contributed by atoms with Crippen molar-refractivity contribution in [3.05, 3.63) is 119 Å². The molecule has 204 valence electrons. The Labute approximate surface area is 239 Å². The molecule has 0 saturated carbocycles. The lowest BCUT2D eigenvalue weighted by Crippen LogP contribution is -2.26. The average Bonchev–Trinajstić information content (AvgIpc) is 2.93. The summed E-state index contributed by atoms with van der Waals surface area (Å²) in [5.74, 6) is 0.496. The molecule has 4 aromatic carbocycles. The van der Waals surface area contributed by atoms with E-state index in [-0.39, 0.29) is 10.6 Å². The minimum Gasteiger partial charge on any atom is -0.507 e. The van der Waals surface area contributed by atoms with Gasteiger partial charge in [0.15, 0.2) is 0 Å². The zero-order valence-electron chi connectivity index (χ0n) is 24.7. The van der Waals surface area contributed by atoms with Crippen LogP contribution in [-0.4, -0.2) is 5.11 Å². The summed E-state index contributed by atoms with van der Waals surface area (Å²) in [4.78, 5) is 0. The first kappa shape index (κ1) is 29.5. The van der Waals surface area contributed by atoms with Gasteiger partial charge in [-0.1, -0.05) is 140 Å². The van der Waals surface area contributed by atoms with Gasteiger partial charge >= 0.3 is 0 Å². The predicted octanol–water partition coefficient (Wildman–Crippen LogP) is 8.96. The van der Waals surface area contributed by atoms with Crippen molar-refractivity contribution < 1.29 is 5.11 Å². The second-order valence-corrected chi connectivity index (χ2v) is 15.7. The van der Waals surface area contributed by atoms with Gasteiger partial charge in [0.05, 0.1) is 0 Å². The number of rotatable bonds is 9. The summed E-state index contributed by atoms with van der Waals surface area (Å²) in [5.41, 5.74) is 6.09. The molecule has 0 radical (unpaired) electrons. The summed E-state index contributed by atoms with van der Waals surface area (Å²) < 4.78 is 0. The Kier molecular flexibility index (Phi) is 9.37. The summed E-state index contributed by atoms with van der Waals surface area (Å²) in [6.45, 7) is 15.6. The van der Waals surface area contributed by atoms with Crippen LogP contribution in [0.2, 0.25) is 0 Å². The maximum atomic E-state index is 11.7. The van der Waals surface area contributed by atoms with Crippen LogP contribution in [0.3, 0.4) is 0 Å². The first-order chi connectivity index (χ1) is 18.6. The van der Waals surface area contributed by atoms with Crippen molar-refractivity contribution in [2.24, 2.45) is 0 Å². The lowest BCUT2D eigenvalue weighted by molar-refractivity contribution is 0.424. The topological polar surface area (TPSA) is 20.2 Å². The smallest absolute Gasteiger partial charge is 0.123 e. The molecular weight excluding hydrogens is 510 g/mol. The van der Waals surface area contributed by atoms with E-state index in [4.69, 9.17) is 0 Å². The lowest BCUT2D eigenvalue weighted by Gasteiger charge is -2.36. The zero-order valence-corrected chi connectivity index (χ0v) is 26.6. The fraction of sp³-hybridized carbons (Fsp3) is 0.333. The average molecular weight is 555 g/mol. The number of phenols is 1. The van der Waals surface area contributed by atoms with E-state index in [1.807, 2.05) is 0 Å². The third-order valence-corrected chi connectivity index (χ3v) is 12.9. The number of hydrogen-bond donors (Lipinski definition) is 1. The first-order valence-corrected chi connectivity index (χ1v) is 16.7. The van der Waals surface area contributed by atoms with Gasteiger partial charge in [-0.3, -0.25) is 0 Å². The molecule has 0 aromatic heterocycles. The van der Waals surface area contributed by atoms with Crippen molar-refractivity contribution >= 4 is 32.4 Å². The van der Waals surface area contributed by atoms with E-state index < -0.39 is 7.92 Å². The zero-order chi connectivity index (χ0) is 28.2. The van der Waals surface area contributed by atoms with Crippen molar-refractivity contribution in [3.63, 3.8) is 0 Å². The first-order valence-electron chi connectivity index (χ1n) is 14.2. The number of benzene rings is 4. The van der Waals surface area contributed by atoms with Gasteiger partial charge in [0.2, 0.25) is 0 Å². The largest absolute Gasteiger partial charge is 0.507 e. The van der Waals surface area contributed by atoms with E-state index >= 15 is 0 Å². The van der Waals surface area contributed by atoms with Crippen LogP contribution in [-0.2, 0) is 16.7 Å². The molecular formula is C36H44OP2. The van der Waals surface area contributed by atoms with Gasteiger partial charge in [-0.05, 0) is 72.6 Å². The van der Waals surface area contributed by atoms with Crippen LogP contribution in [0.4, 0.5) is 0 Å². The van der Waals surface area contributed by atoms with Gasteiger partial charge in [-0.2, -0.15) is 0 Å². The quantitative estimate of drug-likeness (QED) is 0.205. The van der Waals surface area contributed by atoms with E-state index in [2.05, 4.69) is 139 Å². The van der Waals surface area contributed by atoms with Crippen LogP contribution in [0.15, 0.2) is 91.0 Å². The minimum absolute atomic E-state index is 0.112. The van der Waals surface area contributed by atoms with Gasteiger partial charge in [0, 0.05) is 16.9 Å². The van der Waals surface area contributed by atoms with Gasteiger partial charge in [-0.25, -0.2) is 0 Å². The van der Waals surface area contributed by atoms with E-state index in [9.17, 15) is 5.11 Å². The fourth-order valence-corrected chi connectivity index (χ4v) is 9.84. The number of aryl methyl sites for hydroxylation is 2. The second kappa shape index (κ2) is 12.4. The van der Waals surface area contributed by atoms with E-state index in [0.29, 0.717) is 14.3 Å². The maximum Gasteiger partial charge on any atom is 0.123 e. The molecule has 0 saturated heterocycles. The molecule has 1 unspecified atom stereocenters. The Morgan fingerprint density at radius 1 is 0.718 bits per heavy atom. The Balaban J connectivity index is 1.83. The third kappa shape index (κ3) is 6.48. The molecule has 39 heavy (non-hydrogen) atoms. The van der Waals surface area contributed by atoms with Crippen LogP contribution in [0, 0.1) is 13.8 Å². The molecule has 0 amide bonds. The molecule has 1 N–H and O–H groups in total. The fourth-order valence-electron chi connectivity index (χ4n) is 5.59. The molecule has 4 aromatic rings. The van der Waals surface area contributed by atoms with Crippen LogP contribution in [0.25, 0.3) is 0 Å². The van der Waals surface area contributed by atoms with Crippen molar-refractivity contribution in [1.82, 2.24) is 0 Å². The molecule has 0 spiro atoms. The van der Waals surface area contributed by atoms with Gasteiger partial charge < -0.3 is 5.11 Å². The van der Waals surface area contributed by atoms with Gasteiger partial charge in [0.25, 0.3) is 0 Å². The van der Waals surface area contributed by atoms with Crippen molar-refractivity contribution in [2.75, 3.05) is 0 Å². The summed E-state index contributed by atoms with van der Waals surface area (Å²) in [5, 5.41) is 15.9. The Morgan fingerprint density at radius 3 is 1.77 bits per heavy atom.